The number of aromatic nitrogens is 3. The largest absolute Gasteiger partial charge is 0.397 e. The summed E-state index contributed by atoms with van der Waals surface area (Å²) in [6, 6.07) is 5.67. The molecule has 0 spiro atoms. The van der Waals surface area contributed by atoms with Gasteiger partial charge in [0, 0.05) is 4.47 Å². The Kier molecular flexibility index (Phi) is 2.48. The molecule has 0 aliphatic heterocycles. The van der Waals surface area contributed by atoms with Gasteiger partial charge >= 0.3 is 0 Å². The van der Waals surface area contributed by atoms with E-state index in [2.05, 4.69) is 26.0 Å². The van der Waals surface area contributed by atoms with Gasteiger partial charge in [-0.3, -0.25) is 0 Å². The number of nitrogens with two attached hydrogens (primary N) is 1. The predicted octanol–water partition coefficient (Wildman–Crippen LogP) is 2.23. The Morgan fingerprint density at radius 2 is 2.07 bits per heavy atom. The van der Waals surface area contributed by atoms with Crippen molar-refractivity contribution in [1.82, 2.24) is 14.8 Å². The number of benzene rings is 1. The Bertz CT molecular complexity index is 504. The SMILES string of the molecule is Cc1nc(C)n(-c2cc(Br)ccc2N)n1. The summed E-state index contributed by atoms with van der Waals surface area (Å²) in [5.74, 6) is 1.57. The van der Waals surface area contributed by atoms with Crippen LogP contribution in [0.3, 0.4) is 0 Å². The molecular formula is C10H11BrN4. The highest BCUT2D eigenvalue weighted by molar-refractivity contribution is 9.10. The maximum atomic E-state index is 5.89. The predicted molar refractivity (Wildman–Crippen MR) is 62.9 cm³/mol. The summed E-state index contributed by atoms with van der Waals surface area (Å²) in [5, 5.41) is 4.29. The van der Waals surface area contributed by atoms with Crippen molar-refractivity contribution in [3.63, 3.8) is 0 Å². The molecule has 5 heteroatoms. The number of hydrogen-bond acceptors (Lipinski definition) is 3. The monoisotopic (exact) mass is 266 g/mol. The molecule has 4 nitrogen and oxygen atoms in total. The van der Waals surface area contributed by atoms with E-state index in [9.17, 15) is 0 Å². The van der Waals surface area contributed by atoms with Crippen LogP contribution in [0.4, 0.5) is 5.69 Å². The Labute approximate surface area is 96.3 Å². The summed E-state index contributed by atoms with van der Waals surface area (Å²) in [5.41, 5.74) is 7.43. The minimum Gasteiger partial charge on any atom is -0.397 e. The third-order valence-corrected chi connectivity index (χ3v) is 2.59. The lowest BCUT2D eigenvalue weighted by molar-refractivity contribution is 0.833. The highest BCUT2D eigenvalue weighted by atomic mass is 79.9. The van der Waals surface area contributed by atoms with Crippen LogP contribution in [0.2, 0.25) is 0 Å². The maximum absolute atomic E-state index is 5.89. The smallest absolute Gasteiger partial charge is 0.148 e. The van der Waals surface area contributed by atoms with Crippen LogP contribution in [0.15, 0.2) is 22.7 Å². The van der Waals surface area contributed by atoms with Crippen LogP contribution in [0.25, 0.3) is 5.69 Å². The highest BCUT2D eigenvalue weighted by Crippen LogP contribution is 2.22. The van der Waals surface area contributed by atoms with E-state index < -0.39 is 0 Å². The maximum Gasteiger partial charge on any atom is 0.148 e. The molecule has 2 rings (SSSR count). The van der Waals surface area contributed by atoms with Crippen molar-refractivity contribution in [2.24, 2.45) is 0 Å². The number of halogens is 1. The molecule has 2 aromatic rings. The number of nitrogens with zero attached hydrogens (tertiary/aromatic N) is 3. The second-order valence-corrected chi connectivity index (χ2v) is 4.24. The van der Waals surface area contributed by atoms with Crippen LogP contribution in [0.1, 0.15) is 11.6 Å². The van der Waals surface area contributed by atoms with E-state index >= 15 is 0 Å². The van der Waals surface area contributed by atoms with Gasteiger partial charge in [0.05, 0.1) is 11.4 Å². The summed E-state index contributed by atoms with van der Waals surface area (Å²) in [6.07, 6.45) is 0. The Hall–Kier alpha value is -1.36. The molecule has 1 aromatic carbocycles. The Morgan fingerprint density at radius 1 is 1.33 bits per heavy atom. The molecule has 0 saturated heterocycles. The minimum atomic E-state index is 0.686. The fraction of sp³-hybridized carbons (Fsp3) is 0.200. The normalized spacial score (nSPS) is 10.6. The quantitative estimate of drug-likeness (QED) is 0.806. The molecular weight excluding hydrogens is 256 g/mol. The molecule has 2 N–H and O–H groups in total. The van der Waals surface area contributed by atoms with Crippen LogP contribution < -0.4 is 5.73 Å². The number of anilines is 1. The third-order valence-electron chi connectivity index (χ3n) is 2.10. The fourth-order valence-electron chi connectivity index (χ4n) is 1.45. The second kappa shape index (κ2) is 3.66. The van der Waals surface area contributed by atoms with E-state index in [0.717, 1.165) is 21.8 Å². The van der Waals surface area contributed by atoms with Crippen molar-refractivity contribution in [3.05, 3.63) is 34.3 Å². The average molecular weight is 267 g/mol. The molecule has 0 unspecified atom stereocenters. The molecule has 0 atom stereocenters. The van der Waals surface area contributed by atoms with Crippen molar-refractivity contribution >= 4 is 21.6 Å². The van der Waals surface area contributed by atoms with Gasteiger partial charge < -0.3 is 5.73 Å². The van der Waals surface area contributed by atoms with Gasteiger partial charge in [-0.2, -0.15) is 5.10 Å². The van der Waals surface area contributed by atoms with Gasteiger partial charge in [0.2, 0.25) is 0 Å². The zero-order valence-electron chi connectivity index (χ0n) is 8.53. The molecule has 0 aliphatic carbocycles. The van der Waals surface area contributed by atoms with Crippen LogP contribution >= 0.6 is 15.9 Å². The van der Waals surface area contributed by atoms with Crippen molar-refractivity contribution < 1.29 is 0 Å². The lowest BCUT2D eigenvalue weighted by Gasteiger charge is -2.06. The first-order valence-electron chi connectivity index (χ1n) is 4.53. The van der Waals surface area contributed by atoms with Gasteiger partial charge in [-0.15, -0.1) is 0 Å². The summed E-state index contributed by atoms with van der Waals surface area (Å²) in [7, 11) is 0. The molecule has 78 valence electrons. The lowest BCUT2D eigenvalue weighted by Crippen LogP contribution is -2.03. The van der Waals surface area contributed by atoms with Gasteiger partial charge in [-0.1, -0.05) is 15.9 Å². The Morgan fingerprint density at radius 3 is 2.67 bits per heavy atom. The van der Waals surface area contributed by atoms with E-state index in [1.54, 1.807) is 4.68 Å². The number of rotatable bonds is 1. The first-order chi connectivity index (χ1) is 7.08. The molecule has 0 aliphatic rings. The summed E-state index contributed by atoms with van der Waals surface area (Å²) >= 11 is 3.41. The van der Waals surface area contributed by atoms with E-state index in [1.165, 1.54) is 0 Å². The van der Waals surface area contributed by atoms with Crippen LogP contribution in [0, 0.1) is 13.8 Å². The summed E-state index contributed by atoms with van der Waals surface area (Å²) in [6.45, 7) is 3.76. The standard InChI is InChI=1S/C10H11BrN4/c1-6-13-7(2)15(14-6)10-5-8(11)3-4-9(10)12/h3-5H,12H2,1-2H3. The first-order valence-corrected chi connectivity index (χ1v) is 5.33. The highest BCUT2D eigenvalue weighted by Gasteiger charge is 2.08. The van der Waals surface area contributed by atoms with Crippen LogP contribution in [-0.2, 0) is 0 Å². The lowest BCUT2D eigenvalue weighted by atomic mass is 10.3. The van der Waals surface area contributed by atoms with Gasteiger partial charge in [-0.05, 0) is 32.0 Å². The van der Waals surface area contributed by atoms with Crippen molar-refractivity contribution in [3.8, 4) is 5.69 Å². The average Bonchev–Trinajstić information content (AvgIpc) is 2.50. The zero-order chi connectivity index (χ0) is 11.0. The minimum absolute atomic E-state index is 0.686. The third kappa shape index (κ3) is 1.87. The van der Waals surface area contributed by atoms with Gasteiger partial charge in [0.25, 0.3) is 0 Å². The van der Waals surface area contributed by atoms with E-state index in [1.807, 2.05) is 32.0 Å². The zero-order valence-corrected chi connectivity index (χ0v) is 10.1. The fourth-order valence-corrected chi connectivity index (χ4v) is 1.80. The molecule has 15 heavy (non-hydrogen) atoms. The number of nitrogen functional groups attached to an aromatic ring is 1. The van der Waals surface area contributed by atoms with E-state index in [0.29, 0.717) is 5.69 Å². The van der Waals surface area contributed by atoms with Gasteiger partial charge in [0.1, 0.15) is 11.6 Å². The molecule has 1 aromatic heterocycles. The van der Waals surface area contributed by atoms with E-state index in [4.69, 9.17) is 5.73 Å². The second-order valence-electron chi connectivity index (χ2n) is 3.32. The summed E-state index contributed by atoms with van der Waals surface area (Å²) in [4.78, 5) is 4.24. The summed E-state index contributed by atoms with van der Waals surface area (Å²) < 4.78 is 2.72. The molecule has 0 fully saturated rings. The van der Waals surface area contributed by atoms with Crippen molar-refractivity contribution in [2.75, 3.05) is 5.73 Å². The molecule has 0 radical (unpaired) electrons. The van der Waals surface area contributed by atoms with Gasteiger partial charge in [0.15, 0.2) is 0 Å². The van der Waals surface area contributed by atoms with Crippen molar-refractivity contribution in [2.45, 2.75) is 13.8 Å². The van der Waals surface area contributed by atoms with Crippen LogP contribution in [-0.4, -0.2) is 14.8 Å². The molecule has 0 saturated carbocycles. The van der Waals surface area contributed by atoms with Crippen molar-refractivity contribution in [1.29, 1.82) is 0 Å². The van der Waals surface area contributed by atoms with Gasteiger partial charge in [-0.25, -0.2) is 9.67 Å². The van der Waals surface area contributed by atoms with E-state index in [-0.39, 0.29) is 0 Å². The first kappa shape index (κ1) is 10.2. The molecule has 1 heterocycles. The number of aryl methyl sites for hydroxylation is 2. The topological polar surface area (TPSA) is 56.7 Å². The Balaban J connectivity index is 2.62. The number of hydrogen-bond donors (Lipinski definition) is 1. The molecule has 0 bridgehead atoms. The molecule has 0 amide bonds. The van der Waals surface area contributed by atoms with Crippen LogP contribution in [0.5, 0.6) is 0 Å².